The number of hydrogen-bond donors (Lipinski definition) is 2. The Balaban J connectivity index is 1.73. The highest BCUT2D eigenvalue weighted by Gasteiger charge is 2.09. The second kappa shape index (κ2) is 5.35. The zero-order valence-electron chi connectivity index (χ0n) is 11.8. The second-order valence-corrected chi connectivity index (χ2v) is 5.67. The molecule has 0 aliphatic heterocycles. The van der Waals surface area contributed by atoms with Crippen molar-refractivity contribution >= 4 is 39.2 Å². The molecule has 0 aliphatic carbocycles. The van der Waals surface area contributed by atoms with Crippen LogP contribution >= 0.6 is 11.6 Å². The summed E-state index contributed by atoms with van der Waals surface area (Å²) in [7, 11) is 0. The maximum Gasteiger partial charge on any atom is 0.140 e. The van der Waals surface area contributed by atoms with Crippen LogP contribution in [0.4, 0.5) is 5.69 Å². The van der Waals surface area contributed by atoms with E-state index in [0.29, 0.717) is 0 Å². The van der Waals surface area contributed by atoms with Crippen LogP contribution in [0, 0.1) is 0 Å². The van der Waals surface area contributed by atoms with Crippen molar-refractivity contribution in [1.82, 2.24) is 9.97 Å². The zero-order valence-corrected chi connectivity index (χ0v) is 12.6. The van der Waals surface area contributed by atoms with E-state index in [-0.39, 0.29) is 0 Å². The minimum Gasteiger partial charge on any atom is -0.380 e. The average molecular weight is 308 g/mol. The van der Waals surface area contributed by atoms with Crippen LogP contribution in [0.3, 0.4) is 0 Å². The SMILES string of the molecule is Clc1ccc(CNc2ccnc3[nH]c4ccccc4c23)cc1. The van der Waals surface area contributed by atoms with Crippen molar-refractivity contribution in [3.05, 3.63) is 71.4 Å². The van der Waals surface area contributed by atoms with Crippen LogP contribution in [0.1, 0.15) is 5.56 Å². The smallest absolute Gasteiger partial charge is 0.140 e. The van der Waals surface area contributed by atoms with Gasteiger partial charge in [-0.3, -0.25) is 0 Å². The van der Waals surface area contributed by atoms with Gasteiger partial charge in [-0.1, -0.05) is 41.9 Å². The molecule has 2 heterocycles. The molecule has 4 rings (SSSR count). The molecule has 0 saturated heterocycles. The minimum absolute atomic E-state index is 0.746. The van der Waals surface area contributed by atoms with Gasteiger partial charge in [-0.25, -0.2) is 4.98 Å². The third-order valence-corrected chi connectivity index (χ3v) is 4.05. The van der Waals surface area contributed by atoms with Crippen molar-refractivity contribution in [3.63, 3.8) is 0 Å². The predicted molar refractivity (Wildman–Crippen MR) is 92.4 cm³/mol. The summed E-state index contributed by atoms with van der Waals surface area (Å²) < 4.78 is 0. The maximum absolute atomic E-state index is 5.92. The Kier molecular flexibility index (Phi) is 3.20. The van der Waals surface area contributed by atoms with Crippen LogP contribution in [0.2, 0.25) is 5.02 Å². The van der Waals surface area contributed by atoms with Gasteiger partial charge in [0.05, 0.1) is 0 Å². The number of aromatic amines is 1. The predicted octanol–water partition coefficient (Wildman–Crippen LogP) is 4.98. The highest BCUT2D eigenvalue weighted by molar-refractivity contribution is 6.30. The molecular formula is C18H14ClN3. The lowest BCUT2D eigenvalue weighted by molar-refractivity contribution is 1.15. The summed E-state index contributed by atoms with van der Waals surface area (Å²) in [6.07, 6.45) is 1.82. The van der Waals surface area contributed by atoms with Gasteiger partial charge in [0.15, 0.2) is 0 Å². The van der Waals surface area contributed by atoms with Crippen LogP contribution in [0.15, 0.2) is 60.8 Å². The number of halogens is 1. The molecule has 2 aromatic heterocycles. The van der Waals surface area contributed by atoms with Gasteiger partial charge in [0.1, 0.15) is 5.65 Å². The number of rotatable bonds is 3. The van der Waals surface area contributed by atoms with E-state index in [4.69, 9.17) is 11.6 Å². The van der Waals surface area contributed by atoms with E-state index in [1.54, 1.807) is 0 Å². The summed E-state index contributed by atoms with van der Waals surface area (Å²) in [5.74, 6) is 0. The molecule has 0 amide bonds. The topological polar surface area (TPSA) is 40.7 Å². The molecule has 2 aromatic carbocycles. The molecule has 0 fully saturated rings. The number of nitrogens with zero attached hydrogens (tertiary/aromatic N) is 1. The molecule has 108 valence electrons. The zero-order chi connectivity index (χ0) is 14.9. The fourth-order valence-corrected chi connectivity index (χ4v) is 2.84. The lowest BCUT2D eigenvalue weighted by Crippen LogP contribution is -1.99. The third-order valence-electron chi connectivity index (χ3n) is 3.80. The first kappa shape index (κ1) is 13.2. The first-order valence-electron chi connectivity index (χ1n) is 7.15. The first-order chi connectivity index (χ1) is 10.8. The molecule has 0 spiro atoms. The van der Waals surface area contributed by atoms with E-state index in [9.17, 15) is 0 Å². The Morgan fingerprint density at radius 3 is 2.68 bits per heavy atom. The fourth-order valence-electron chi connectivity index (χ4n) is 2.71. The monoisotopic (exact) mass is 307 g/mol. The van der Waals surface area contributed by atoms with Crippen molar-refractivity contribution in [2.75, 3.05) is 5.32 Å². The summed E-state index contributed by atoms with van der Waals surface area (Å²) in [5.41, 5.74) is 4.28. The van der Waals surface area contributed by atoms with Gasteiger partial charge in [0, 0.05) is 39.7 Å². The highest BCUT2D eigenvalue weighted by Crippen LogP contribution is 2.30. The molecule has 4 heteroatoms. The minimum atomic E-state index is 0.746. The third kappa shape index (κ3) is 2.30. The quantitative estimate of drug-likeness (QED) is 0.560. The van der Waals surface area contributed by atoms with Crippen molar-refractivity contribution in [2.24, 2.45) is 0 Å². The number of para-hydroxylation sites is 1. The number of benzene rings is 2. The average Bonchev–Trinajstić information content (AvgIpc) is 2.93. The summed E-state index contributed by atoms with van der Waals surface area (Å²) >= 11 is 5.92. The normalized spacial score (nSPS) is 11.1. The van der Waals surface area contributed by atoms with Crippen molar-refractivity contribution in [1.29, 1.82) is 0 Å². The number of pyridine rings is 1. The van der Waals surface area contributed by atoms with Gasteiger partial charge in [0.25, 0.3) is 0 Å². The second-order valence-electron chi connectivity index (χ2n) is 5.23. The van der Waals surface area contributed by atoms with Crippen molar-refractivity contribution in [3.8, 4) is 0 Å². The van der Waals surface area contributed by atoms with E-state index in [1.165, 1.54) is 10.9 Å². The molecule has 2 N–H and O–H groups in total. The first-order valence-corrected chi connectivity index (χ1v) is 7.53. The number of nitrogens with one attached hydrogen (secondary N) is 2. The lowest BCUT2D eigenvalue weighted by atomic mass is 10.1. The Hall–Kier alpha value is -2.52. The van der Waals surface area contributed by atoms with Gasteiger partial charge >= 0.3 is 0 Å². The molecule has 4 aromatic rings. The maximum atomic E-state index is 5.92. The summed E-state index contributed by atoms with van der Waals surface area (Å²) in [5, 5.41) is 6.57. The molecule has 22 heavy (non-hydrogen) atoms. The number of hydrogen-bond acceptors (Lipinski definition) is 2. The van der Waals surface area contributed by atoms with E-state index in [2.05, 4.69) is 27.4 Å². The van der Waals surface area contributed by atoms with E-state index in [0.717, 1.165) is 33.8 Å². The van der Waals surface area contributed by atoms with Gasteiger partial charge < -0.3 is 10.3 Å². The Morgan fingerprint density at radius 1 is 1.00 bits per heavy atom. The molecule has 0 atom stereocenters. The van der Waals surface area contributed by atoms with Gasteiger partial charge in [-0.15, -0.1) is 0 Å². The summed E-state index contributed by atoms with van der Waals surface area (Å²) in [6.45, 7) is 0.746. The number of H-pyrrole nitrogens is 1. The molecule has 0 aliphatic rings. The van der Waals surface area contributed by atoms with Crippen LogP contribution in [0.5, 0.6) is 0 Å². The molecule has 0 saturated carbocycles. The summed E-state index contributed by atoms with van der Waals surface area (Å²) in [4.78, 5) is 7.79. The molecular weight excluding hydrogens is 294 g/mol. The highest BCUT2D eigenvalue weighted by atomic mass is 35.5. The van der Waals surface area contributed by atoms with E-state index in [1.807, 2.05) is 48.7 Å². The fraction of sp³-hybridized carbons (Fsp3) is 0.0556. The molecule has 0 radical (unpaired) electrons. The Bertz CT molecular complexity index is 942. The van der Waals surface area contributed by atoms with Crippen LogP contribution < -0.4 is 5.32 Å². The Labute approximate surface area is 132 Å². The van der Waals surface area contributed by atoms with Gasteiger partial charge in [-0.05, 0) is 29.8 Å². The van der Waals surface area contributed by atoms with Crippen LogP contribution in [-0.4, -0.2) is 9.97 Å². The van der Waals surface area contributed by atoms with E-state index >= 15 is 0 Å². The molecule has 0 bridgehead atoms. The lowest BCUT2D eigenvalue weighted by Gasteiger charge is -2.08. The molecule has 0 unspecified atom stereocenters. The van der Waals surface area contributed by atoms with Crippen LogP contribution in [0.25, 0.3) is 21.9 Å². The number of anilines is 1. The summed E-state index contributed by atoms with van der Waals surface area (Å²) in [6, 6.07) is 18.1. The Morgan fingerprint density at radius 2 is 1.82 bits per heavy atom. The number of aromatic nitrogens is 2. The van der Waals surface area contributed by atoms with Crippen LogP contribution in [-0.2, 0) is 6.54 Å². The largest absolute Gasteiger partial charge is 0.380 e. The van der Waals surface area contributed by atoms with E-state index < -0.39 is 0 Å². The molecule has 3 nitrogen and oxygen atoms in total. The van der Waals surface area contributed by atoms with Gasteiger partial charge in [-0.2, -0.15) is 0 Å². The standard InChI is InChI=1S/C18H14ClN3/c19-13-7-5-12(6-8-13)11-21-16-9-10-20-18-17(16)14-3-1-2-4-15(14)22-18/h1-10H,11H2,(H2,20,21,22). The van der Waals surface area contributed by atoms with Gasteiger partial charge in [0.2, 0.25) is 0 Å². The van der Waals surface area contributed by atoms with Crippen molar-refractivity contribution in [2.45, 2.75) is 6.54 Å². The van der Waals surface area contributed by atoms with Crippen molar-refractivity contribution < 1.29 is 0 Å². The number of fused-ring (bicyclic) bond motifs is 3.